The van der Waals surface area contributed by atoms with E-state index in [4.69, 9.17) is 9.97 Å². The van der Waals surface area contributed by atoms with E-state index < -0.39 is 0 Å². The Morgan fingerprint density at radius 3 is 2.62 bits per heavy atom. The molecular weight excluding hydrogens is 557 g/mol. The number of benzene rings is 1. The first kappa shape index (κ1) is 23.1. The highest BCUT2D eigenvalue weighted by atomic mass is 127. The van der Waals surface area contributed by atoms with Gasteiger partial charge in [0, 0.05) is 48.6 Å². The summed E-state index contributed by atoms with van der Waals surface area (Å²) in [5.41, 5.74) is 6.04. The van der Waals surface area contributed by atoms with E-state index in [2.05, 4.69) is 74.3 Å². The highest BCUT2D eigenvalue weighted by Crippen LogP contribution is 2.37. The minimum atomic E-state index is 0.618. The number of imidazole rings is 1. The van der Waals surface area contributed by atoms with Gasteiger partial charge in [0.1, 0.15) is 28.1 Å². The van der Waals surface area contributed by atoms with E-state index >= 15 is 0 Å². The predicted molar refractivity (Wildman–Crippen MR) is 147 cm³/mol. The summed E-state index contributed by atoms with van der Waals surface area (Å²) in [5, 5.41) is 14.0. The van der Waals surface area contributed by atoms with Crippen molar-refractivity contribution in [1.29, 1.82) is 5.26 Å². The van der Waals surface area contributed by atoms with Crippen molar-refractivity contribution in [3.8, 4) is 17.3 Å². The van der Waals surface area contributed by atoms with Crippen LogP contribution in [0.1, 0.15) is 23.1 Å². The minimum absolute atomic E-state index is 0.618. The van der Waals surface area contributed by atoms with E-state index in [0.717, 1.165) is 75.3 Å². The molecule has 1 saturated heterocycles. The average Bonchev–Trinajstić information content (AvgIpc) is 3.46. The van der Waals surface area contributed by atoms with Crippen LogP contribution in [-0.2, 0) is 6.42 Å². The number of pyridine rings is 1. The van der Waals surface area contributed by atoms with E-state index in [9.17, 15) is 5.26 Å². The fraction of sp³-hybridized carbons (Fsp3) is 0.320. The van der Waals surface area contributed by atoms with Crippen molar-refractivity contribution in [1.82, 2.24) is 19.7 Å². The molecule has 0 aliphatic carbocycles. The third-order valence-electron chi connectivity index (χ3n) is 6.19. The molecule has 174 valence electrons. The first-order chi connectivity index (χ1) is 16.5. The summed E-state index contributed by atoms with van der Waals surface area (Å²) < 4.78 is 3.35. The second-order valence-electron chi connectivity index (χ2n) is 8.40. The lowest BCUT2D eigenvalue weighted by atomic mass is 10.1. The van der Waals surface area contributed by atoms with Crippen molar-refractivity contribution >= 4 is 56.2 Å². The Balaban J connectivity index is 1.61. The summed E-state index contributed by atoms with van der Waals surface area (Å²) in [5.74, 6) is 1.00. The molecule has 34 heavy (non-hydrogen) atoms. The van der Waals surface area contributed by atoms with Gasteiger partial charge in [0.05, 0.1) is 11.4 Å². The van der Waals surface area contributed by atoms with Crippen LogP contribution in [0.15, 0.2) is 36.5 Å². The van der Waals surface area contributed by atoms with Crippen molar-refractivity contribution < 1.29 is 0 Å². The number of fused-ring (bicyclic) bond motifs is 1. The second kappa shape index (κ2) is 9.52. The molecule has 1 fully saturated rings. The fourth-order valence-corrected chi connectivity index (χ4v) is 5.65. The average molecular weight is 584 g/mol. The molecule has 0 bridgehead atoms. The fourth-order valence-electron chi connectivity index (χ4n) is 4.44. The molecule has 4 heterocycles. The van der Waals surface area contributed by atoms with Gasteiger partial charge in [-0.25, -0.2) is 9.97 Å². The summed E-state index contributed by atoms with van der Waals surface area (Å²) in [6, 6.07) is 12.7. The van der Waals surface area contributed by atoms with Crippen LogP contribution in [0.4, 0.5) is 16.6 Å². The Bertz CT molecular complexity index is 1380. The molecule has 9 heteroatoms. The third kappa shape index (κ3) is 4.15. The van der Waals surface area contributed by atoms with Crippen LogP contribution in [0.5, 0.6) is 0 Å². The molecule has 0 atom stereocenters. The van der Waals surface area contributed by atoms with Gasteiger partial charge in [0.2, 0.25) is 0 Å². The lowest BCUT2D eigenvalue weighted by Gasteiger charge is -2.30. The summed E-state index contributed by atoms with van der Waals surface area (Å²) in [4.78, 5) is 15.0. The van der Waals surface area contributed by atoms with Gasteiger partial charge in [-0.15, -0.1) is 0 Å². The Labute approximate surface area is 217 Å². The second-order valence-corrected chi connectivity index (χ2v) is 10.6. The van der Waals surface area contributed by atoms with Crippen molar-refractivity contribution in [3.63, 3.8) is 0 Å². The number of hydrogen-bond acceptors (Lipinski definition) is 7. The van der Waals surface area contributed by atoms with Crippen LogP contribution in [0.25, 0.3) is 16.9 Å². The quantitative estimate of drug-likeness (QED) is 0.334. The molecule has 0 unspecified atom stereocenters. The molecule has 0 spiro atoms. The van der Waals surface area contributed by atoms with Crippen molar-refractivity contribution in [2.24, 2.45) is 0 Å². The number of piperazine rings is 1. The predicted octanol–water partition coefficient (Wildman–Crippen LogP) is 4.98. The molecule has 1 aliphatic rings. The van der Waals surface area contributed by atoms with Gasteiger partial charge in [-0.3, -0.25) is 4.40 Å². The first-order valence-corrected chi connectivity index (χ1v) is 13.3. The van der Waals surface area contributed by atoms with Crippen LogP contribution in [0.2, 0.25) is 0 Å². The van der Waals surface area contributed by atoms with Gasteiger partial charge >= 0.3 is 0 Å². The van der Waals surface area contributed by atoms with Crippen LogP contribution < -0.4 is 15.1 Å². The Morgan fingerprint density at radius 2 is 1.94 bits per heavy atom. The number of halogens is 1. The lowest BCUT2D eigenvalue weighted by molar-refractivity contribution is 0.588. The smallest absolute Gasteiger partial charge is 0.192 e. The molecule has 5 rings (SSSR count). The molecular formula is C25H26IN7S. The van der Waals surface area contributed by atoms with Gasteiger partial charge in [0.15, 0.2) is 5.13 Å². The normalized spacial score (nSPS) is 13.9. The number of nitrogens with one attached hydrogen (secondary N) is 1. The topological polar surface area (TPSA) is 72.5 Å². The summed E-state index contributed by atoms with van der Waals surface area (Å²) in [6.45, 7) is 8.22. The zero-order chi connectivity index (χ0) is 23.8. The maximum absolute atomic E-state index is 9.82. The monoisotopic (exact) mass is 583 g/mol. The zero-order valence-corrected chi connectivity index (χ0v) is 22.4. The number of nitrogens with zero attached hydrogens (tertiary/aromatic N) is 6. The van der Waals surface area contributed by atoms with Crippen LogP contribution in [-0.4, -0.2) is 47.6 Å². The molecule has 3 aromatic heterocycles. The van der Waals surface area contributed by atoms with E-state index in [0.29, 0.717) is 4.88 Å². The van der Waals surface area contributed by atoms with Crippen molar-refractivity contribution in [2.45, 2.75) is 20.3 Å². The van der Waals surface area contributed by atoms with Gasteiger partial charge in [-0.2, -0.15) is 5.26 Å². The summed E-state index contributed by atoms with van der Waals surface area (Å²) in [7, 11) is 2.02. The van der Waals surface area contributed by atoms with E-state index in [-0.39, 0.29) is 0 Å². The van der Waals surface area contributed by atoms with Gasteiger partial charge in [-0.05, 0) is 59.7 Å². The highest BCUT2D eigenvalue weighted by Gasteiger charge is 2.23. The number of rotatable bonds is 5. The maximum atomic E-state index is 9.82. The Hall–Kier alpha value is -2.68. The number of nitriles is 1. The Kier molecular flexibility index (Phi) is 6.46. The zero-order valence-electron chi connectivity index (χ0n) is 19.5. The lowest BCUT2D eigenvalue weighted by Crippen LogP contribution is -2.43. The van der Waals surface area contributed by atoms with E-state index in [1.165, 1.54) is 17.0 Å². The SMILES string of the molecule is CCc1nc2c(C)cc(N3CCNCC3)cn2c1N(C)c1nc(-c2ccc(I)cc2)c(C#N)s1. The molecule has 4 aromatic rings. The summed E-state index contributed by atoms with van der Waals surface area (Å²) in [6.07, 6.45) is 3.01. The van der Waals surface area contributed by atoms with E-state index in [1.54, 1.807) is 0 Å². The van der Waals surface area contributed by atoms with Crippen LogP contribution in [0, 0.1) is 21.8 Å². The molecule has 0 radical (unpaired) electrons. The number of aromatic nitrogens is 3. The molecule has 1 aromatic carbocycles. The number of aryl methyl sites for hydroxylation is 2. The van der Waals surface area contributed by atoms with Crippen LogP contribution >= 0.6 is 33.9 Å². The first-order valence-electron chi connectivity index (χ1n) is 11.4. The molecule has 1 aliphatic heterocycles. The minimum Gasteiger partial charge on any atom is -0.368 e. The highest BCUT2D eigenvalue weighted by molar-refractivity contribution is 14.1. The molecule has 0 amide bonds. The van der Waals surface area contributed by atoms with E-state index in [1.807, 2.05) is 31.3 Å². The largest absolute Gasteiger partial charge is 0.368 e. The standard InChI is InChI=1S/C25H26IN7S/c1-4-20-24(33-15-19(13-16(2)23(33)29-20)32-11-9-28-10-12-32)31(3)25-30-22(21(14-27)34-25)17-5-7-18(26)8-6-17/h5-8,13,15,28H,4,9-12H2,1-3H3. The van der Waals surface area contributed by atoms with Gasteiger partial charge < -0.3 is 15.1 Å². The van der Waals surface area contributed by atoms with Crippen molar-refractivity contribution in [2.75, 3.05) is 43.0 Å². The van der Waals surface area contributed by atoms with Gasteiger partial charge in [0.25, 0.3) is 0 Å². The molecule has 1 N–H and O–H groups in total. The third-order valence-corrected chi connectivity index (χ3v) is 7.95. The van der Waals surface area contributed by atoms with Crippen molar-refractivity contribution in [3.05, 3.63) is 56.2 Å². The number of anilines is 3. The maximum Gasteiger partial charge on any atom is 0.192 e. The summed E-state index contributed by atoms with van der Waals surface area (Å²) >= 11 is 3.71. The molecule has 0 saturated carbocycles. The number of thiazole rings is 1. The Morgan fingerprint density at radius 1 is 1.21 bits per heavy atom. The van der Waals surface area contributed by atoms with Gasteiger partial charge in [-0.1, -0.05) is 30.4 Å². The molecule has 7 nitrogen and oxygen atoms in total. The number of hydrogen-bond donors (Lipinski definition) is 1. The van der Waals surface area contributed by atoms with Crippen LogP contribution in [0.3, 0.4) is 0 Å².